The molecule has 0 heterocycles. The molecule has 0 saturated carbocycles. The van der Waals surface area contributed by atoms with Crippen LogP contribution >= 0.6 is 0 Å². The minimum atomic E-state index is 0.468. The first-order chi connectivity index (χ1) is 6.27. The monoisotopic (exact) mass is 199 g/mol. The van der Waals surface area contributed by atoms with Crippen LogP contribution in [0.4, 0.5) is 0 Å². The van der Waals surface area contributed by atoms with Crippen molar-refractivity contribution in [1.29, 1.82) is 0 Å². The van der Waals surface area contributed by atoms with Crippen LogP contribution < -0.4 is 0 Å². The van der Waals surface area contributed by atoms with Crippen molar-refractivity contribution in [2.45, 2.75) is 47.5 Å². The third kappa shape index (κ3) is 5.64. The summed E-state index contributed by atoms with van der Waals surface area (Å²) in [6.45, 7) is 13.0. The fourth-order valence-electron chi connectivity index (χ4n) is 2.32. The summed E-state index contributed by atoms with van der Waals surface area (Å²) in [7, 11) is 4.32. The standard InChI is InChI=1S/C13H29N/c1-8-12(13(3,4)5)9-11(2)10-14(6)7/h11-12H,8-10H2,1-7H3. The van der Waals surface area contributed by atoms with Gasteiger partial charge in [-0.3, -0.25) is 0 Å². The van der Waals surface area contributed by atoms with Crippen LogP contribution in [-0.4, -0.2) is 25.5 Å². The molecule has 0 fully saturated rings. The Morgan fingerprint density at radius 1 is 1.14 bits per heavy atom. The van der Waals surface area contributed by atoms with Crippen LogP contribution in [0.15, 0.2) is 0 Å². The fraction of sp³-hybridized carbons (Fsp3) is 1.00. The second-order valence-corrected chi connectivity index (χ2v) is 6.07. The van der Waals surface area contributed by atoms with Crippen LogP contribution in [0.25, 0.3) is 0 Å². The molecule has 86 valence electrons. The lowest BCUT2D eigenvalue weighted by atomic mass is 9.74. The Hall–Kier alpha value is -0.0400. The molecule has 0 aliphatic carbocycles. The third-order valence-electron chi connectivity index (χ3n) is 3.08. The van der Waals surface area contributed by atoms with Crippen molar-refractivity contribution >= 4 is 0 Å². The molecule has 0 bridgehead atoms. The number of nitrogens with zero attached hydrogens (tertiary/aromatic N) is 1. The topological polar surface area (TPSA) is 3.24 Å². The van der Waals surface area contributed by atoms with Crippen LogP contribution in [0.2, 0.25) is 0 Å². The van der Waals surface area contributed by atoms with Crippen molar-refractivity contribution in [2.75, 3.05) is 20.6 Å². The lowest BCUT2D eigenvalue weighted by Crippen LogP contribution is -2.26. The maximum absolute atomic E-state index is 2.37. The summed E-state index contributed by atoms with van der Waals surface area (Å²) < 4.78 is 0. The maximum atomic E-state index is 2.37. The molecule has 2 unspecified atom stereocenters. The summed E-state index contributed by atoms with van der Waals surface area (Å²) in [5.41, 5.74) is 0.468. The molecule has 14 heavy (non-hydrogen) atoms. The molecule has 0 aromatic carbocycles. The van der Waals surface area contributed by atoms with Gasteiger partial charge in [-0.05, 0) is 37.8 Å². The van der Waals surface area contributed by atoms with Crippen molar-refractivity contribution in [3.63, 3.8) is 0 Å². The first kappa shape index (κ1) is 14.0. The van der Waals surface area contributed by atoms with Gasteiger partial charge >= 0.3 is 0 Å². The number of rotatable bonds is 5. The van der Waals surface area contributed by atoms with E-state index >= 15 is 0 Å². The minimum absolute atomic E-state index is 0.468. The first-order valence-corrected chi connectivity index (χ1v) is 5.92. The van der Waals surface area contributed by atoms with E-state index in [1.54, 1.807) is 0 Å². The average Bonchev–Trinajstić information content (AvgIpc) is 1.96. The van der Waals surface area contributed by atoms with E-state index in [9.17, 15) is 0 Å². The van der Waals surface area contributed by atoms with Crippen LogP contribution in [0, 0.1) is 17.3 Å². The molecule has 0 radical (unpaired) electrons. The summed E-state index contributed by atoms with van der Waals surface area (Å²) >= 11 is 0. The highest BCUT2D eigenvalue weighted by Crippen LogP contribution is 2.33. The second-order valence-electron chi connectivity index (χ2n) is 6.07. The maximum Gasteiger partial charge on any atom is 0.000103 e. The molecule has 0 N–H and O–H groups in total. The zero-order valence-corrected chi connectivity index (χ0v) is 11.2. The molecule has 0 spiro atoms. The van der Waals surface area contributed by atoms with Gasteiger partial charge in [0.25, 0.3) is 0 Å². The first-order valence-electron chi connectivity index (χ1n) is 5.92. The molecular formula is C13H29N. The zero-order chi connectivity index (χ0) is 11.4. The smallest absolute Gasteiger partial charge is 0.000103 e. The van der Waals surface area contributed by atoms with Crippen molar-refractivity contribution in [3.8, 4) is 0 Å². The molecule has 1 heteroatoms. The van der Waals surface area contributed by atoms with Gasteiger partial charge in [0.1, 0.15) is 0 Å². The third-order valence-corrected chi connectivity index (χ3v) is 3.08. The van der Waals surface area contributed by atoms with Gasteiger partial charge in [0.2, 0.25) is 0 Å². The van der Waals surface area contributed by atoms with Crippen molar-refractivity contribution in [1.82, 2.24) is 4.90 Å². The van der Waals surface area contributed by atoms with Crippen LogP contribution in [0.1, 0.15) is 47.5 Å². The summed E-state index contributed by atoms with van der Waals surface area (Å²) in [5.74, 6) is 1.67. The number of hydrogen-bond acceptors (Lipinski definition) is 1. The molecule has 0 aliphatic heterocycles. The molecule has 0 amide bonds. The Bertz CT molecular complexity index is 144. The SMILES string of the molecule is CCC(CC(C)CN(C)C)C(C)(C)C. The van der Waals surface area contributed by atoms with Gasteiger partial charge < -0.3 is 4.90 Å². The van der Waals surface area contributed by atoms with E-state index in [-0.39, 0.29) is 0 Å². The molecular weight excluding hydrogens is 170 g/mol. The molecule has 0 saturated heterocycles. The predicted octanol–water partition coefficient (Wildman–Crippen LogP) is 3.65. The summed E-state index contributed by atoms with van der Waals surface area (Å²) in [6.07, 6.45) is 2.67. The van der Waals surface area contributed by atoms with Crippen molar-refractivity contribution < 1.29 is 0 Å². The van der Waals surface area contributed by atoms with Crippen molar-refractivity contribution in [2.24, 2.45) is 17.3 Å². The van der Waals surface area contributed by atoms with E-state index in [1.165, 1.54) is 19.4 Å². The van der Waals surface area contributed by atoms with E-state index in [0.29, 0.717) is 5.41 Å². The van der Waals surface area contributed by atoms with E-state index in [4.69, 9.17) is 0 Å². The van der Waals surface area contributed by atoms with E-state index in [0.717, 1.165) is 11.8 Å². The zero-order valence-electron chi connectivity index (χ0n) is 11.2. The van der Waals surface area contributed by atoms with Gasteiger partial charge in [0.15, 0.2) is 0 Å². The fourth-order valence-corrected chi connectivity index (χ4v) is 2.32. The molecule has 0 aromatic rings. The van der Waals surface area contributed by atoms with Crippen LogP contribution in [-0.2, 0) is 0 Å². The summed E-state index contributed by atoms with van der Waals surface area (Å²) in [4.78, 5) is 2.29. The Labute approximate surface area is 90.9 Å². The number of hydrogen-bond donors (Lipinski definition) is 0. The van der Waals surface area contributed by atoms with Crippen molar-refractivity contribution in [3.05, 3.63) is 0 Å². The van der Waals surface area contributed by atoms with E-state index in [2.05, 4.69) is 53.6 Å². The highest BCUT2D eigenvalue weighted by molar-refractivity contribution is 4.75. The van der Waals surface area contributed by atoms with Gasteiger partial charge in [-0.25, -0.2) is 0 Å². The highest BCUT2D eigenvalue weighted by Gasteiger charge is 2.24. The lowest BCUT2D eigenvalue weighted by molar-refractivity contribution is 0.179. The van der Waals surface area contributed by atoms with Crippen LogP contribution in [0.5, 0.6) is 0 Å². The van der Waals surface area contributed by atoms with Gasteiger partial charge in [0.05, 0.1) is 0 Å². The lowest BCUT2D eigenvalue weighted by Gasteiger charge is -2.32. The Morgan fingerprint density at radius 3 is 1.93 bits per heavy atom. The Balaban J connectivity index is 4.06. The average molecular weight is 199 g/mol. The highest BCUT2D eigenvalue weighted by atomic mass is 15.1. The quantitative estimate of drug-likeness (QED) is 0.653. The molecule has 0 aromatic heterocycles. The normalized spacial score (nSPS) is 17.1. The minimum Gasteiger partial charge on any atom is -0.309 e. The van der Waals surface area contributed by atoms with Gasteiger partial charge in [-0.15, -0.1) is 0 Å². The molecule has 0 aliphatic rings. The van der Waals surface area contributed by atoms with Crippen LogP contribution in [0.3, 0.4) is 0 Å². The largest absolute Gasteiger partial charge is 0.309 e. The van der Waals surface area contributed by atoms with Gasteiger partial charge in [0, 0.05) is 6.54 Å². The predicted molar refractivity (Wildman–Crippen MR) is 65.6 cm³/mol. The van der Waals surface area contributed by atoms with E-state index in [1.807, 2.05) is 0 Å². The molecule has 2 atom stereocenters. The Morgan fingerprint density at radius 2 is 1.64 bits per heavy atom. The second kappa shape index (κ2) is 5.75. The van der Waals surface area contributed by atoms with Gasteiger partial charge in [-0.2, -0.15) is 0 Å². The van der Waals surface area contributed by atoms with E-state index < -0.39 is 0 Å². The summed E-state index contributed by atoms with van der Waals surface area (Å²) in [6, 6.07) is 0. The molecule has 0 rings (SSSR count). The summed E-state index contributed by atoms with van der Waals surface area (Å²) in [5, 5.41) is 0. The molecule has 1 nitrogen and oxygen atoms in total. The Kier molecular flexibility index (Phi) is 5.73. The van der Waals surface area contributed by atoms with Gasteiger partial charge in [-0.1, -0.05) is 41.0 Å².